The lowest BCUT2D eigenvalue weighted by Crippen LogP contribution is -2.23. The summed E-state index contributed by atoms with van der Waals surface area (Å²) in [5.74, 6) is 0.376. The summed E-state index contributed by atoms with van der Waals surface area (Å²) in [5.41, 5.74) is 5.15. The van der Waals surface area contributed by atoms with Gasteiger partial charge in [-0.1, -0.05) is 49.9 Å². The van der Waals surface area contributed by atoms with Gasteiger partial charge in [-0.25, -0.2) is 0 Å². The second kappa shape index (κ2) is 8.56. The molecule has 28 heavy (non-hydrogen) atoms. The van der Waals surface area contributed by atoms with Crippen LogP contribution in [0, 0.1) is 13.8 Å². The number of amides is 1. The van der Waals surface area contributed by atoms with E-state index in [1.54, 1.807) is 4.68 Å². The molecule has 0 spiro atoms. The van der Waals surface area contributed by atoms with Gasteiger partial charge in [-0.15, -0.1) is 5.10 Å². The molecule has 0 aliphatic heterocycles. The zero-order valence-corrected chi connectivity index (χ0v) is 17.6. The Labute approximate surface area is 169 Å². The summed E-state index contributed by atoms with van der Waals surface area (Å²) in [4.78, 5) is 12.6. The normalized spacial score (nSPS) is 12.2. The van der Waals surface area contributed by atoms with Crippen LogP contribution in [0.2, 0.25) is 0 Å². The molecule has 2 aromatic carbocycles. The Morgan fingerprint density at radius 2 is 1.79 bits per heavy atom. The van der Waals surface area contributed by atoms with Crippen molar-refractivity contribution in [3.8, 4) is 5.69 Å². The van der Waals surface area contributed by atoms with E-state index in [1.165, 1.54) is 17.3 Å². The molecule has 1 heterocycles. The Morgan fingerprint density at radius 3 is 2.46 bits per heavy atom. The molecule has 0 fully saturated rings. The van der Waals surface area contributed by atoms with Gasteiger partial charge in [-0.2, -0.15) is 4.68 Å². The number of rotatable bonds is 6. The standard InChI is InChI=1S/C21H25N5OS/c1-13(2)17-8-10-18(11-9-17)22-20(27)16(5)28-21-23-24-25-26(21)19-12-14(3)6-7-15(19)4/h6-13,16H,1-5H3,(H,22,27)/t16-/m1/s1. The monoisotopic (exact) mass is 395 g/mol. The SMILES string of the molecule is Cc1ccc(C)c(-n2nnnc2S[C@H](C)C(=O)Nc2ccc(C(C)C)cc2)c1. The van der Waals surface area contributed by atoms with Crippen LogP contribution in [0.3, 0.4) is 0 Å². The van der Waals surface area contributed by atoms with Gasteiger partial charge in [-0.3, -0.25) is 4.79 Å². The van der Waals surface area contributed by atoms with Crippen molar-refractivity contribution in [2.45, 2.75) is 50.9 Å². The average Bonchev–Trinajstić information content (AvgIpc) is 3.12. The summed E-state index contributed by atoms with van der Waals surface area (Å²) in [7, 11) is 0. The Kier molecular flexibility index (Phi) is 6.14. The van der Waals surface area contributed by atoms with Crippen LogP contribution in [-0.4, -0.2) is 31.4 Å². The van der Waals surface area contributed by atoms with E-state index in [-0.39, 0.29) is 11.2 Å². The van der Waals surface area contributed by atoms with E-state index in [9.17, 15) is 4.79 Å². The molecule has 1 aromatic heterocycles. The first-order chi connectivity index (χ1) is 13.3. The number of nitrogens with one attached hydrogen (secondary N) is 1. The van der Waals surface area contributed by atoms with Gasteiger partial charge in [0.15, 0.2) is 0 Å². The molecule has 3 rings (SSSR count). The Hall–Kier alpha value is -2.67. The van der Waals surface area contributed by atoms with Gasteiger partial charge in [0.2, 0.25) is 11.1 Å². The van der Waals surface area contributed by atoms with Gasteiger partial charge in [-0.05, 0) is 72.0 Å². The summed E-state index contributed by atoms with van der Waals surface area (Å²) in [6.45, 7) is 10.2. The van der Waals surface area contributed by atoms with E-state index in [4.69, 9.17) is 0 Å². The second-order valence-electron chi connectivity index (χ2n) is 7.19. The van der Waals surface area contributed by atoms with Crippen molar-refractivity contribution in [2.24, 2.45) is 0 Å². The zero-order valence-electron chi connectivity index (χ0n) is 16.8. The Bertz CT molecular complexity index is 965. The molecule has 0 aliphatic carbocycles. The first-order valence-corrected chi connectivity index (χ1v) is 10.2. The van der Waals surface area contributed by atoms with Crippen LogP contribution in [-0.2, 0) is 4.79 Å². The summed E-state index contributed by atoms with van der Waals surface area (Å²) >= 11 is 1.34. The van der Waals surface area contributed by atoms with Crippen LogP contribution in [0.1, 0.15) is 43.4 Å². The highest BCUT2D eigenvalue weighted by atomic mass is 32.2. The highest BCUT2D eigenvalue weighted by Gasteiger charge is 2.20. The van der Waals surface area contributed by atoms with Crippen molar-refractivity contribution < 1.29 is 4.79 Å². The molecule has 1 N–H and O–H groups in total. The van der Waals surface area contributed by atoms with Gasteiger partial charge >= 0.3 is 0 Å². The maximum atomic E-state index is 12.6. The minimum absolute atomic E-state index is 0.0854. The predicted octanol–water partition coefficient (Wildman–Crippen LogP) is 4.52. The predicted molar refractivity (Wildman–Crippen MR) is 113 cm³/mol. The minimum Gasteiger partial charge on any atom is -0.325 e. The van der Waals surface area contributed by atoms with E-state index in [0.717, 1.165) is 22.5 Å². The molecule has 146 valence electrons. The highest BCUT2D eigenvalue weighted by Crippen LogP contribution is 2.26. The van der Waals surface area contributed by atoms with E-state index >= 15 is 0 Å². The van der Waals surface area contributed by atoms with Gasteiger partial charge in [0.1, 0.15) is 0 Å². The third-order valence-corrected chi connectivity index (χ3v) is 5.56. The van der Waals surface area contributed by atoms with E-state index < -0.39 is 0 Å². The van der Waals surface area contributed by atoms with Crippen LogP contribution >= 0.6 is 11.8 Å². The Balaban J connectivity index is 1.71. The topological polar surface area (TPSA) is 72.7 Å². The van der Waals surface area contributed by atoms with Gasteiger partial charge in [0, 0.05) is 5.69 Å². The lowest BCUT2D eigenvalue weighted by Gasteiger charge is -2.13. The zero-order chi connectivity index (χ0) is 20.3. The number of aryl methyl sites for hydroxylation is 2. The lowest BCUT2D eigenvalue weighted by molar-refractivity contribution is -0.115. The number of anilines is 1. The van der Waals surface area contributed by atoms with Crippen molar-refractivity contribution in [2.75, 3.05) is 5.32 Å². The van der Waals surface area contributed by atoms with Crippen LogP contribution in [0.15, 0.2) is 47.6 Å². The average molecular weight is 396 g/mol. The number of tetrazole rings is 1. The van der Waals surface area contributed by atoms with E-state index in [2.05, 4.69) is 40.8 Å². The molecule has 0 saturated heterocycles. The van der Waals surface area contributed by atoms with Gasteiger partial charge < -0.3 is 5.32 Å². The van der Waals surface area contributed by atoms with Crippen molar-refractivity contribution in [1.29, 1.82) is 0 Å². The number of carbonyl (C=O) groups excluding carboxylic acids is 1. The van der Waals surface area contributed by atoms with Gasteiger partial charge in [0.05, 0.1) is 10.9 Å². The number of aromatic nitrogens is 4. The maximum Gasteiger partial charge on any atom is 0.237 e. The summed E-state index contributed by atoms with van der Waals surface area (Å²) < 4.78 is 1.69. The molecule has 7 heteroatoms. The molecule has 1 amide bonds. The van der Waals surface area contributed by atoms with Crippen LogP contribution in [0.5, 0.6) is 0 Å². The van der Waals surface area contributed by atoms with Crippen LogP contribution in [0.4, 0.5) is 5.69 Å². The first kappa shape index (κ1) is 20.1. The van der Waals surface area contributed by atoms with Crippen molar-refractivity contribution in [1.82, 2.24) is 20.2 Å². The molecule has 0 unspecified atom stereocenters. The Morgan fingerprint density at radius 1 is 1.07 bits per heavy atom. The number of carbonyl (C=O) groups is 1. The van der Waals surface area contributed by atoms with Crippen molar-refractivity contribution >= 4 is 23.4 Å². The molecule has 0 bridgehead atoms. The smallest absolute Gasteiger partial charge is 0.237 e. The van der Waals surface area contributed by atoms with E-state index in [0.29, 0.717) is 11.1 Å². The first-order valence-electron chi connectivity index (χ1n) is 9.28. The molecule has 1 atom stereocenters. The third kappa shape index (κ3) is 4.59. The molecular formula is C21H25N5OS. The van der Waals surface area contributed by atoms with E-state index in [1.807, 2.05) is 57.2 Å². The summed E-state index contributed by atoms with van der Waals surface area (Å²) in [6, 6.07) is 14.1. The molecule has 0 radical (unpaired) electrons. The summed E-state index contributed by atoms with van der Waals surface area (Å²) in [6.07, 6.45) is 0. The van der Waals surface area contributed by atoms with Gasteiger partial charge in [0.25, 0.3) is 0 Å². The third-order valence-electron chi connectivity index (χ3n) is 4.53. The quantitative estimate of drug-likeness (QED) is 0.621. The fourth-order valence-corrected chi connectivity index (χ4v) is 3.56. The maximum absolute atomic E-state index is 12.6. The fraction of sp³-hybridized carbons (Fsp3) is 0.333. The fourth-order valence-electron chi connectivity index (χ4n) is 2.76. The minimum atomic E-state index is -0.348. The summed E-state index contributed by atoms with van der Waals surface area (Å²) in [5, 5.41) is 15.2. The molecule has 6 nitrogen and oxygen atoms in total. The van der Waals surface area contributed by atoms with Crippen LogP contribution in [0.25, 0.3) is 5.69 Å². The number of hydrogen-bond acceptors (Lipinski definition) is 5. The van der Waals surface area contributed by atoms with Crippen LogP contribution < -0.4 is 5.32 Å². The lowest BCUT2D eigenvalue weighted by atomic mass is 10.0. The van der Waals surface area contributed by atoms with Crippen molar-refractivity contribution in [3.63, 3.8) is 0 Å². The number of benzene rings is 2. The van der Waals surface area contributed by atoms with Crippen molar-refractivity contribution in [3.05, 3.63) is 59.2 Å². The number of nitrogens with zero attached hydrogens (tertiary/aromatic N) is 4. The molecule has 3 aromatic rings. The number of hydrogen-bond donors (Lipinski definition) is 1. The highest BCUT2D eigenvalue weighted by molar-refractivity contribution is 8.00. The second-order valence-corrected chi connectivity index (χ2v) is 8.50. The number of thioether (sulfide) groups is 1. The molecular weight excluding hydrogens is 370 g/mol. The largest absolute Gasteiger partial charge is 0.325 e. The molecule has 0 saturated carbocycles. The molecule has 0 aliphatic rings.